The summed E-state index contributed by atoms with van der Waals surface area (Å²) in [6.45, 7) is 0. The molecule has 24 heavy (non-hydrogen) atoms. The molecule has 3 aromatic rings. The fourth-order valence-corrected chi connectivity index (χ4v) is 2.44. The van der Waals surface area contributed by atoms with Gasteiger partial charge in [0.2, 0.25) is 0 Å². The molecular weight excluding hydrogens is 349 g/mol. The highest BCUT2D eigenvalue weighted by molar-refractivity contribution is 6.45. The standard InChI is InChI=1S/C17H11Cl2N3O2/c18-12-7-6-11(9-13(12)19)21-16(23)17(24)22-14-5-1-3-10-4-2-8-20-15(10)14/h1-9H,(H,21,23)(H,22,24). The molecule has 0 fully saturated rings. The highest BCUT2D eigenvalue weighted by atomic mass is 35.5. The Hall–Kier alpha value is -2.63. The number of halogens is 2. The number of carbonyl (C=O) groups excluding carboxylic acids is 2. The first-order valence-corrected chi connectivity index (χ1v) is 7.71. The summed E-state index contributed by atoms with van der Waals surface area (Å²) in [7, 11) is 0. The minimum absolute atomic E-state index is 0.285. The molecule has 0 saturated heterocycles. The number of hydrogen-bond acceptors (Lipinski definition) is 3. The molecule has 2 aromatic carbocycles. The summed E-state index contributed by atoms with van der Waals surface area (Å²) < 4.78 is 0. The SMILES string of the molecule is O=C(Nc1ccc(Cl)c(Cl)c1)C(=O)Nc1cccc2cccnc12. The van der Waals surface area contributed by atoms with E-state index in [1.165, 1.54) is 12.1 Å². The Kier molecular flexibility index (Phi) is 4.64. The second-order valence-corrected chi connectivity index (χ2v) is 5.73. The van der Waals surface area contributed by atoms with Crippen molar-refractivity contribution in [2.24, 2.45) is 0 Å². The quantitative estimate of drug-likeness (QED) is 0.676. The number of pyridine rings is 1. The van der Waals surface area contributed by atoms with Crippen molar-refractivity contribution in [1.29, 1.82) is 0 Å². The maximum Gasteiger partial charge on any atom is 0.314 e. The van der Waals surface area contributed by atoms with Crippen molar-refractivity contribution in [1.82, 2.24) is 4.98 Å². The Balaban J connectivity index is 1.76. The highest BCUT2D eigenvalue weighted by Crippen LogP contribution is 2.25. The smallest absolute Gasteiger partial charge is 0.314 e. The molecule has 7 heteroatoms. The normalized spacial score (nSPS) is 10.4. The van der Waals surface area contributed by atoms with E-state index < -0.39 is 11.8 Å². The molecule has 0 bridgehead atoms. The van der Waals surface area contributed by atoms with E-state index in [1.807, 2.05) is 12.1 Å². The van der Waals surface area contributed by atoms with E-state index >= 15 is 0 Å². The van der Waals surface area contributed by atoms with Crippen LogP contribution in [0.3, 0.4) is 0 Å². The average molecular weight is 360 g/mol. The van der Waals surface area contributed by atoms with Crippen LogP contribution in [0.5, 0.6) is 0 Å². The summed E-state index contributed by atoms with van der Waals surface area (Å²) in [5.41, 5.74) is 1.44. The second-order valence-electron chi connectivity index (χ2n) is 4.92. The summed E-state index contributed by atoms with van der Waals surface area (Å²) >= 11 is 11.7. The molecule has 0 unspecified atom stereocenters. The van der Waals surface area contributed by atoms with E-state index in [1.54, 1.807) is 30.5 Å². The molecule has 0 spiro atoms. The minimum atomic E-state index is -0.818. The number of anilines is 2. The number of benzene rings is 2. The van der Waals surface area contributed by atoms with Gasteiger partial charge in [0.25, 0.3) is 0 Å². The first-order valence-electron chi connectivity index (χ1n) is 6.96. The maximum absolute atomic E-state index is 12.1. The van der Waals surface area contributed by atoms with E-state index in [-0.39, 0.29) is 5.02 Å². The Morgan fingerprint density at radius 3 is 2.42 bits per heavy atom. The van der Waals surface area contributed by atoms with Gasteiger partial charge in [-0.15, -0.1) is 0 Å². The van der Waals surface area contributed by atoms with Gasteiger partial charge in [0.15, 0.2) is 0 Å². The van der Waals surface area contributed by atoms with Gasteiger partial charge in [0.1, 0.15) is 0 Å². The monoisotopic (exact) mass is 359 g/mol. The third-order valence-electron chi connectivity index (χ3n) is 3.26. The van der Waals surface area contributed by atoms with Crippen molar-refractivity contribution in [3.05, 3.63) is 64.8 Å². The molecule has 0 aliphatic heterocycles. The van der Waals surface area contributed by atoms with Gasteiger partial charge < -0.3 is 10.6 Å². The molecular formula is C17H11Cl2N3O2. The molecule has 1 aromatic heterocycles. The summed E-state index contributed by atoms with van der Waals surface area (Å²) in [6.07, 6.45) is 1.62. The first kappa shape index (κ1) is 16.2. The number of amides is 2. The van der Waals surface area contributed by atoms with E-state index in [4.69, 9.17) is 23.2 Å². The molecule has 0 aliphatic rings. The number of aromatic nitrogens is 1. The summed E-state index contributed by atoms with van der Waals surface area (Å²) in [6, 6.07) is 13.5. The van der Waals surface area contributed by atoms with Crippen molar-refractivity contribution in [2.45, 2.75) is 0 Å². The number of para-hydroxylation sites is 1. The minimum Gasteiger partial charge on any atom is -0.318 e. The van der Waals surface area contributed by atoms with Crippen LogP contribution in [-0.4, -0.2) is 16.8 Å². The summed E-state index contributed by atoms with van der Waals surface area (Å²) in [5, 5.41) is 6.53. The Morgan fingerprint density at radius 1 is 0.875 bits per heavy atom. The fourth-order valence-electron chi connectivity index (χ4n) is 2.15. The van der Waals surface area contributed by atoms with Crippen LogP contribution >= 0.6 is 23.2 Å². The van der Waals surface area contributed by atoms with E-state index in [0.29, 0.717) is 21.9 Å². The van der Waals surface area contributed by atoms with Crippen LogP contribution in [-0.2, 0) is 9.59 Å². The molecule has 3 rings (SSSR count). The van der Waals surface area contributed by atoms with Crippen LogP contribution in [0, 0.1) is 0 Å². The van der Waals surface area contributed by atoms with Gasteiger partial charge in [0, 0.05) is 17.3 Å². The van der Waals surface area contributed by atoms with Crippen LogP contribution in [0.1, 0.15) is 0 Å². The number of fused-ring (bicyclic) bond motifs is 1. The van der Waals surface area contributed by atoms with Crippen molar-refractivity contribution in [2.75, 3.05) is 10.6 Å². The lowest BCUT2D eigenvalue weighted by Crippen LogP contribution is -2.29. The Labute approximate surface area is 147 Å². The third kappa shape index (κ3) is 3.48. The Bertz CT molecular complexity index is 939. The highest BCUT2D eigenvalue weighted by Gasteiger charge is 2.16. The number of nitrogens with one attached hydrogen (secondary N) is 2. The zero-order chi connectivity index (χ0) is 17.1. The van der Waals surface area contributed by atoms with Crippen LogP contribution < -0.4 is 10.6 Å². The lowest BCUT2D eigenvalue weighted by molar-refractivity contribution is -0.132. The van der Waals surface area contributed by atoms with Crippen molar-refractivity contribution in [3.63, 3.8) is 0 Å². The zero-order valence-electron chi connectivity index (χ0n) is 12.2. The lowest BCUT2D eigenvalue weighted by Gasteiger charge is -2.09. The predicted octanol–water partition coefficient (Wildman–Crippen LogP) is 4.12. The van der Waals surface area contributed by atoms with E-state index in [2.05, 4.69) is 15.6 Å². The van der Waals surface area contributed by atoms with E-state index in [0.717, 1.165) is 5.39 Å². The van der Waals surface area contributed by atoms with Gasteiger partial charge in [-0.25, -0.2) is 0 Å². The molecule has 0 atom stereocenters. The number of nitrogens with zero attached hydrogens (tertiary/aromatic N) is 1. The molecule has 0 saturated carbocycles. The predicted molar refractivity (Wildman–Crippen MR) is 95.5 cm³/mol. The molecule has 2 amide bonds. The van der Waals surface area contributed by atoms with Crippen molar-refractivity contribution in [3.8, 4) is 0 Å². The Morgan fingerprint density at radius 2 is 1.62 bits per heavy atom. The van der Waals surface area contributed by atoms with Crippen LogP contribution in [0.15, 0.2) is 54.7 Å². The fraction of sp³-hybridized carbons (Fsp3) is 0. The third-order valence-corrected chi connectivity index (χ3v) is 4.00. The van der Waals surface area contributed by atoms with Crippen LogP contribution in [0.4, 0.5) is 11.4 Å². The molecule has 0 aliphatic carbocycles. The van der Waals surface area contributed by atoms with Crippen molar-refractivity contribution >= 4 is 57.3 Å². The molecule has 120 valence electrons. The summed E-state index contributed by atoms with van der Waals surface area (Å²) in [5.74, 6) is -1.62. The van der Waals surface area contributed by atoms with Crippen molar-refractivity contribution < 1.29 is 9.59 Å². The number of rotatable bonds is 2. The summed E-state index contributed by atoms with van der Waals surface area (Å²) in [4.78, 5) is 28.4. The largest absolute Gasteiger partial charge is 0.318 e. The lowest BCUT2D eigenvalue weighted by atomic mass is 10.2. The molecule has 5 nitrogen and oxygen atoms in total. The topological polar surface area (TPSA) is 71.1 Å². The van der Waals surface area contributed by atoms with E-state index in [9.17, 15) is 9.59 Å². The van der Waals surface area contributed by atoms with Gasteiger partial charge in [-0.2, -0.15) is 0 Å². The first-order chi connectivity index (χ1) is 11.5. The number of carbonyl (C=O) groups is 2. The zero-order valence-corrected chi connectivity index (χ0v) is 13.7. The molecule has 1 heterocycles. The average Bonchev–Trinajstić information content (AvgIpc) is 2.58. The van der Waals surface area contributed by atoms with Gasteiger partial charge in [0.05, 0.1) is 21.2 Å². The maximum atomic E-state index is 12.1. The van der Waals surface area contributed by atoms with Gasteiger partial charge >= 0.3 is 11.8 Å². The second kappa shape index (κ2) is 6.86. The van der Waals surface area contributed by atoms with Gasteiger partial charge in [-0.1, -0.05) is 41.4 Å². The van der Waals surface area contributed by atoms with Gasteiger partial charge in [-0.3, -0.25) is 14.6 Å². The van der Waals surface area contributed by atoms with Gasteiger partial charge in [-0.05, 0) is 30.3 Å². The molecule has 0 radical (unpaired) electrons. The molecule has 2 N–H and O–H groups in total. The van der Waals surface area contributed by atoms with Crippen LogP contribution in [0.25, 0.3) is 10.9 Å². The number of hydrogen-bond donors (Lipinski definition) is 2. The van der Waals surface area contributed by atoms with Crippen LogP contribution in [0.2, 0.25) is 10.0 Å².